The van der Waals surface area contributed by atoms with E-state index in [9.17, 15) is 9.59 Å². The van der Waals surface area contributed by atoms with Gasteiger partial charge in [-0.1, -0.05) is 54.4 Å². The van der Waals surface area contributed by atoms with Gasteiger partial charge in [-0.05, 0) is 37.2 Å². The van der Waals surface area contributed by atoms with E-state index >= 15 is 0 Å². The summed E-state index contributed by atoms with van der Waals surface area (Å²) >= 11 is 12.0. The zero-order valence-corrected chi connectivity index (χ0v) is 16.1. The van der Waals surface area contributed by atoms with Gasteiger partial charge in [-0.25, -0.2) is 0 Å². The molecule has 0 aromatic heterocycles. The van der Waals surface area contributed by atoms with E-state index in [0.717, 1.165) is 12.1 Å². The minimum Gasteiger partial charge on any atom is -0.340 e. The summed E-state index contributed by atoms with van der Waals surface area (Å²) in [7, 11) is 0. The Hall–Kier alpha value is -2.08. The number of para-hydroxylation sites is 1. The number of amides is 2. The van der Waals surface area contributed by atoms with Gasteiger partial charge in [0.15, 0.2) is 0 Å². The van der Waals surface area contributed by atoms with Gasteiger partial charge in [-0.2, -0.15) is 0 Å². The maximum atomic E-state index is 12.5. The summed E-state index contributed by atoms with van der Waals surface area (Å²) in [5.74, 6) is -0.776. The van der Waals surface area contributed by atoms with Gasteiger partial charge in [-0.3, -0.25) is 9.59 Å². The van der Waals surface area contributed by atoms with Crippen LogP contribution >= 0.6 is 23.2 Å². The van der Waals surface area contributed by atoms with E-state index < -0.39 is 11.9 Å². The van der Waals surface area contributed by atoms with Gasteiger partial charge in [0.1, 0.15) is 6.04 Å². The van der Waals surface area contributed by atoms with Crippen LogP contribution in [0.4, 0.5) is 5.69 Å². The molecule has 0 aliphatic rings. The minimum atomic E-state index is -0.746. The molecule has 1 unspecified atom stereocenters. The molecule has 26 heavy (non-hydrogen) atoms. The molecule has 1 atom stereocenters. The van der Waals surface area contributed by atoms with E-state index in [-0.39, 0.29) is 21.5 Å². The average molecular weight is 394 g/mol. The summed E-state index contributed by atoms with van der Waals surface area (Å²) in [4.78, 5) is 24.8. The van der Waals surface area contributed by atoms with Crippen molar-refractivity contribution in [3.8, 4) is 0 Å². The monoisotopic (exact) mass is 393 g/mol. The Balaban J connectivity index is 2.04. The highest BCUT2D eigenvalue weighted by Crippen LogP contribution is 2.25. The van der Waals surface area contributed by atoms with Crippen molar-refractivity contribution in [2.24, 2.45) is 0 Å². The molecule has 5 nitrogen and oxygen atoms in total. The molecule has 138 valence electrons. The van der Waals surface area contributed by atoms with Crippen LogP contribution in [0.2, 0.25) is 10.0 Å². The molecule has 0 aliphatic heterocycles. The largest absolute Gasteiger partial charge is 0.340 e. The summed E-state index contributed by atoms with van der Waals surface area (Å²) in [6, 6.07) is 11.6. The van der Waals surface area contributed by atoms with Gasteiger partial charge >= 0.3 is 0 Å². The zero-order valence-electron chi connectivity index (χ0n) is 14.6. The Morgan fingerprint density at radius 3 is 2.54 bits per heavy atom. The SMILES string of the molecule is CCNCc1ccccc1NC(=O)C(C)NC(=O)c1cccc(Cl)c1Cl. The molecule has 2 amide bonds. The summed E-state index contributed by atoms with van der Waals surface area (Å²) in [6.45, 7) is 5.10. The number of carbonyl (C=O) groups excluding carboxylic acids is 2. The van der Waals surface area contributed by atoms with Crippen LogP contribution in [-0.2, 0) is 11.3 Å². The third-order valence-electron chi connectivity index (χ3n) is 3.78. The molecule has 0 heterocycles. The highest BCUT2D eigenvalue weighted by Gasteiger charge is 2.19. The zero-order chi connectivity index (χ0) is 19.1. The fourth-order valence-corrected chi connectivity index (χ4v) is 2.70. The van der Waals surface area contributed by atoms with Crippen molar-refractivity contribution in [3.63, 3.8) is 0 Å². The molecule has 0 saturated carbocycles. The molecular formula is C19H21Cl2N3O2. The van der Waals surface area contributed by atoms with Gasteiger partial charge < -0.3 is 16.0 Å². The smallest absolute Gasteiger partial charge is 0.253 e. The van der Waals surface area contributed by atoms with Crippen molar-refractivity contribution < 1.29 is 9.59 Å². The van der Waals surface area contributed by atoms with Crippen LogP contribution in [0.3, 0.4) is 0 Å². The molecule has 0 spiro atoms. The van der Waals surface area contributed by atoms with Crippen molar-refractivity contribution >= 4 is 40.7 Å². The molecule has 0 bridgehead atoms. The number of halogens is 2. The lowest BCUT2D eigenvalue weighted by Crippen LogP contribution is -2.41. The van der Waals surface area contributed by atoms with E-state index in [1.807, 2.05) is 31.2 Å². The van der Waals surface area contributed by atoms with Crippen LogP contribution in [0.1, 0.15) is 29.8 Å². The van der Waals surface area contributed by atoms with Crippen molar-refractivity contribution in [3.05, 3.63) is 63.6 Å². The first kappa shape index (κ1) is 20.2. The predicted octanol–water partition coefficient (Wildman–Crippen LogP) is 3.86. The van der Waals surface area contributed by atoms with Crippen LogP contribution in [0.25, 0.3) is 0 Å². The highest BCUT2D eigenvalue weighted by atomic mass is 35.5. The fraction of sp³-hybridized carbons (Fsp3) is 0.263. The third-order valence-corrected chi connectivity index (χ3v) is 4.60. The molecule has 7 heteroatoms. The average Bonchev–Trinajstić information content (AvgIpc) is 2.63. The summed E-state index contributed by atoms with van der Waals surface area (Å²) in [6.07, 6.45) is 0. The maximum absolute atomic E-state index is 12.5. The van der Waals surface area contributed by atoms with E-state index in [1.54, 1.807) is 25.1 Å². The first-order valence-corrected chi connectivity index (χ1v) is 9.04. The lowest BCUT2D eigenvalue weighted by Gasteiger charge is -2.17. The molecule has 0 aliphatic carbocycles. The normalized spacial score (nSPS) is 11.7. The first-order valence-electron chi connectivity index (χ1n) is 8.28. The van der Waals surface area contributed by atoms with Crippen LogP contribution in [0.15, 0.2) is 42.5 Å². The van der Waals surface area contributed by atoms with Gasteiger partial charge in [-0.15, -0.1) is 0 Å². The van der Waals surface area contributed by atoms with Gasteiger partial charge in [0.2, 0.25) is 5.91 Å². The number of anilines is 1. The lowest BCUT2D eigenvalue weighted by atomic mass is 10.1. The first-order chi connectivity index (χ1) is 12.4. The van der Waals surface area contributed by atoms with Gasteiger partial charge in [0, 0.05) is 12.2 Å². The van der Waals surface area contributed by atoms with Crippen LogP contribution in [-0.4, -0.2) is 24.4 Å². The molecule has 0 radical (unpaired) electrons. The number of nitrogens with one attached hydrogen (secondary N) is 3. The molecule has 0 fully saturated rings. The van der Waals surface area contributed by atoms with Gasteiger partial charge in [0.25, 0.3) is 5.91 Å². The number of hydrogen-bond donors (Lipinski definition) is 3. The maximum Gasteiger partial charge on any atom is 0.253 e. The predicted molar refractivity (Wildman–Crippen MR) is 106 cm³/mol. The van der Waals surface area contributed by atoms with E-state index in [2.05, 4.69) is 16.0 Å². The fourth-order valence-electron chi connectivity index (χ4n) is 2.32. The van der Waals surface area contributed by atoms with Crippen LogP contribution in [0.5, 0.6) is 0 Å². The Bertz CT molecular complexity index is 796. The second-order valence-corrected chi connectivity index (χ2v) is 6.51. The highest BCUT2D eigenvalue weighted by molar-refractivity contribution is 6.43. The molecule has 2 aromatic carbocycles. The topological polar surface area (TPSA) is 70.2 Å². The summed E-state index contributed by atoms with van der Waals surface area (Å²) in [5, 5.41) is 9.16. The van der Waals surface area contributed by atoms with Crippen LogP contribution < -0.4 is 16.0 Å². The van der Waals surface area contributed by atoms with E-state index in [1.165, 1.54) is 0 Å². The number of rotatable bonds is 7. The number of hydrogen-bond acceptors (Lipinski definition) is 3. The Morgan fingerprint density at radius 1 is 1.08 bits per heavy atom. The molecule has 3 N–H and O–H groups in total. The Kier molecular flexibility index (Phi) is 7.45. The summed E-state index contributed by atoms with van der Waals surface area (Å²) < 4.78 is 0. The third kappa shape index (κ3) is 5.21. The van der Waals surface area contributed by atoms with Gasteiger partial charge in [0.05, 0.1) is 15.6 Å². The quantitative estimate of drug-likeness (QED) is 0.668. The van der Waals surface area contributed by atoms with Crippen molar-refractivity contribution in [1.82, 2.24) is 10.6 Å². The minimum absolute atomic E-state index is 0.162. The number of carbonyl (C=O) groups is 2. The molecule has 2 rings (SSSR count). The molecule has 0 saturated heterocycles. The van der Waals surface area contributed by atoms with E-state index in [4.69, 9.17) is 23.2 Å². The molecule has 2 aromatic rings. The second kappa shape index (κ2) is 9.57. The van der Waals surface area contributed by atoms with Crippen LogP contribution in [0, 0.1) is 0 Å². The van der Waals surface area contributed by atoms with Crippen molar-refractivity contribution in [2.75, 3.05) is 11.9 Å². The van der Waals surface area contributed by atoms with Crippen molar-refractivity contribution in [1.29, 1.82) is 0 Å². The standard InChI is InChI=1S/C19H21Cl2N3O2/c1-3-22-11-13-7-4-5-10-16(13)24-18(25)12(2)23-19(26)14-8-6-9-15(20)17(14)21/h4-10,12,22H,3,11H2,1-2H3,(H,23,26)(H,24,25). The van der Waals surface area contributed by atoms with E-state index in [0.29, 0.717) is 12.2 Å². The van der Waals surface area contributed by atoms with Crippen molar-refractivity contribution in [2.45, 2.75) is 26.4 Å². The Labute approximate surface area is 163 Å². The lowest BCUT2D eigenvalue weighted by molar-refractivity contribution is -0.117. The Morgan fingerprint density at radius 2 is 1.81 bits per heavy atom. The summed E-state index contributed by atoms with van der Waals surface area (Å²) in [5.41, 5.74) is 1.91. The second-order valence-electron chi connectivity index (χ2n) is 5.72. The number of benzene rings is 2. The molecular weight excluding hydrogens is 373 g/mol.